The van der Waals surface area contributed by atoms with E-state index in [-0.39, 0.29) is 17.9 Å². The Bertz CT molecular complexity index is 929. The van der Waals surface area contributed by atoms with Crippen LogP contribution in [0.2, 0.25) is 10.0 Å². The summed E-state index contributed by atoms with van der Waals surface area (Å²) in [6.45, 7) is 0.941. The summed E-state index contributed by atoms with van der Waals surface area (Å²) >= 11 is 12.8. The number of carbonyl (C=O) groups is 1. The number of allylic oxidation sites excluding steroid dienone is 2. The number of nitrogens with one attached hydrogen (secondary N) is 2. The monoisotopic (exact) mass is 416 g/mol. The number of carbonyl (C=O) groups excluding carboxylic acids is 1. The Morgan fingerprint density at radius 2 is 2.00 bits per heavy atom. The number of para-hydroxylation sites is 1. The minimum Gasteiger partial charge on any atom is -0.383 e. The largest absolute Gasteiger partial charge is 0.383 e. The summed E-state index contributed by atoms with van der Waals surface area (Å²) in [5.74, 6) is 0.455. The number of amides is 1. The number of halogens is 2. The normalized spacial score (nSPS) is 22.3. The standard InChI is InChI=1S/C22H22Cl2N2O2/c1-28-12-11-25-22(27)17-9-3-7-15-13-5-2-6-14(13)20(26-21(15)17)16-8-4-10-18(23)19(16)24/h2-5,7-10,13-14,20,26H,6,11-12H2,1H3,(H,25,27). The molecule has 1 aliphatic carbocycles. The van der Waals surface area contributed by atoms with Gasteiger partial charge in [-0.2, -0.15) is 0 Å². The van der Waals surface area contributed by atoms with E-state index >= 15 is 0 Å². The molecule has 0 radical (unpaired) electrons. The van der Waals surface area contributed by atoms with Gasteiger partial charge in [0.1, 0.15) is 0 Å². The predicted octanol–water partition coefficient (Wildman–Crippen LogP) is 5.20. The fraction of sp³-hybridized carbons (Fsp3) is 0.318. The van der Waals surface area contributed by atoms with E-state index in [1.165, 1.54) is 0 Å². The zero-order valence-corrected chi connectivity index (χ0v) is 17.1. The van der Waals surface area contributed by atoms with Crippen LogP contribution in [0.15, 0.2) is 48.6 Å². The molecular weight excluding hydrogens is 395 g/mol. The summed E-state index contributed by atoms with van der Waals surface area (Å²) in [4.78, 5) is 12.8. The van der Waals surface area contributed by atoms with Gasteiger partial charge in [-0.1, -0.05) is 59.6 Å². The van der Waals surface area contributed by atoms with Gasteiger partial charge in [-0.05, 0) is 35.6 Å². The van der Waals surface area contributed by atoms with Gasteiger partial charge in [-0.15, -0.1) is 0 Å². The first-order valence-electron chi connectivity index (χ1n) is 9.39. The highest BCUT2D eigenvalue weighted by Gasteiger charge is 2.40. The average molecular weight is 417 g/mol. The van der Waals surface area contributed by atoms with Crippen molar-refractivity contribution in [2.45, 2.75) is 18.4 Å². The summed E-state index contributed by atoms with van der Waals surface area (Å²) < 4.78 is 5.03. The van der Waals surface area contributed by atoms with E-state index in [2.05, 4.69) is 28.9 Å². The van der Waals surface area contributed by atoms with Gasteiger partial charge in [0.25, 0.3) is 5.91 Å². The third kappa shape index (κ3) is 3.41. The zero-order valence-electron chi connectivity index (χ0n) is 15.5. The molecule has 4 nitrogen and oxygen atoms in total. The number of anilines is 1. The molecule has 0 spiro atoms. The fourth-order valence-electron chi connectivity index (χ4n) is 4.24. The van der Waals surface area contributed by atoms with Crippen molar-refractivity contribution in [3.05, 3.63) is 75.3 Å². The molecule has 0 fully saturated rings. The van der Waals surface area contributed by atoms with Crippen LogP contribution in [0.3, 0.4) is 0 Å². The highest BCUT2D eigenvalue weighted by atomic mass is 35.5. The van der Waals surface area contributed by atoms with Crippen molar-refractivity contribution in [3.63, 3.8) is 0 Å². The summed E-state index contributed by atoms with van der Waals surface area (Å²) in [5.41, 5.74) is 3.61. The number of ether oxygens (including phenoxy) is 1. The van der Waals surface area contributed by atoms with Crippen molar-refractivity contribution in [1.82, 2.24) is 5.32 Å². The first kappa shape index (κ1) is 19.3. The minimum absolute atomic E-state index is 0.0216. The van der Waals surface area contributed by atoms with Crippen molar-refractivity contribution >= 4 is 34.8 Å². The van der Waals surface area contributed by atoms with Crippen LogP contribution in [0.1, 0.15) is 39.9 Å². The predicted molar refractivity (Wildman–Crippen MR) is 113 cm³/mol. The van der Waals surface area contributed by atoms with E-state index < -0.39 is 0 Å². The van der Waals surface area contributed by atoms with Crippen molar-refractivity contribution in [2.24, 2.45) is 5.92 Å². The van der Waals surface area contributed by atoms with Crippen LogP contribution in [0.4, 0.5) is 5.69 Å². The second-order valence-electron chi connectivity index (χ2n) is 7.14. The summed E-state index contributed by atoms with van der Waals surface area (Å²) in [6, 6.07) is 11.6. The molecule has 0 saturated carbocycles. The van der Waals surface area contributed by atoms with Crippen LogP contribution in [0.25, 0.3) is 0 Å². The van der Waals surface area contributed by atoms with Gasteiger partial charge < -0.3 is 15.4 Å². The van der Waals surface area contributed by atoms with Crippen molar-refractivity contribution in [2.75, 3.05) is 25.6 Å². The lowest BCUT2D eigenvalue weighted by molar-refractivity contribution is 0.0937. The Morgan fingerprint density at radius 3 is 2.82 bits per heavy atom. The molecule has 6 heteroatoms. The molecule has 2 aromatic rings. The lowest BCUT2D eigenvalue weighted by Gasteiger charge is -2.38. The van der Waals surface area contributed by atoms with Crippen molar-refractivity contribution in [1.29, 1.82) is 0 Å². The molecule has 4 rings (SSSR count). The van der Waals surface area contributed by atoms with E-state index in [0.29, 0.717) is 34.7 Å². The molecule has 2 aromatic carbocycles. The number of methoxy groups -OCH3 is 1. The van der Waals surface area contributed by atoms with Crippen LogP contribution >= 0.6 is 23.2 Å². The Labute approximate surface area is 174 Å². The van der Waals surface area contributed by atoms with Crippen LogP contribution < -0.4 is 10.6 Å². The number of benzene rings is 2. The lowest BCUT2D eigenvalue weighted by Crippen LogP contribution is -2.33. The zero-order chi connectivity index (χ0) is 19.7. The maximum atomic E-state index is 12.8. The maximum Gasteiger partial charge on any atom is 0.253 e. The van der Waals surface area contributed by atoms with Gasteiger partial charge in [-0.3, -0.25) is 4.79 Å². The average Bonchev–Trinajstić information content (AvgIpc) is 3.19. The fourth-order valence-corrected chi connectivity index (χ4v) is 4.67. The Balaban J connectivity index is 1.74. The second kappa shape index (κ2) is 8.16. The summed E-state index contributed by atoms with van der Waals surface area (Å²) in [7, 11) is 1.62. The van der Waals surface area contributed by atoms with Gasteiger partial charge in [0, 0.05) is 19.6 Å². The Kier molecular flexibility index (Phi) is 5.63. The third-order valence-corrected chi connectivity index (χ3v) is 6.38. The highest BCUT2D eigenvalue weighted by molar-refractivity contribution is 6.42. The van der Waals surface area contributed by atoms with E-state index in [0.717, 1.165) is 23.2 Å². The van der Waals surface area contributed by atoms with E-state index in [4.69, 9.17) is 27.9 Å². The molecule has 2 aliphatic rings. The van der Waals surface area contributed by atoms with Crippen molar-refractivity contribution in [3.8, 4) is 0 Å². The lowest BCUT2D eigenvalue weighted by atomic mass is 9.76. The Hall–Kier alpha value is -2.01. The number of hydrogen-bond acceptors (Lipinski definition) is 3. The second-order valence-corrected chi connectivity index (χ2v) is 7.92. The van der Waals surface area contributed by atoms with E-state index in [1.807, 2.05) is 24.3 Å². The number of fused-ring (bicyclic) bond motifs is 3. The summed E-state index contributed by atoms with van der Waals surface area (Å²) in [6.07, 6.45) is 5.40. The van der Waals surface area contributed by atoms with Gasteiger partial charge >= 0.3 is 0 Å². The molecule has 0 bridgehead atoms. The van der Waals surface area contributed by atoms with E-state index in [9.17, 15) is 4.79 Å². The number of hydrogen-bond donors (Lipinski definition) is 2. The first-order valence-corrected chi connectivity index (χ1v) is 10.1. The SMILES string of the molecule is COCCNC(=O)c1cccc2c1NC(c1cccc(Cl)c1Cl)C1CC=CC21. The van der Waals surface area contributed by atoms with Gasteiger partial charge in [-0.25, -0.2) is 0 Å². The molecule has 1 aliphatic heterocycles. The quantitative estimate of drug-likeness (QED) is 0.520. The van der Waals surface area contributed by atoms with Crippen LogP contribution in [0, 0.1) is 5.92 Å². The van der Waals surface area contributed by atoms with Gasteiger partial charge in [0.2, 0.25) is 0 Å². The molecule has 3 unspecified atom stereocenters. The Morgan fingerprint density at radius 1 is 1.21 bits per heavy atom. The molecule has 1 amide bonds. The maximum absolute atomic E-state index is 12.8. The van der Waals surface area contributed by atoms with Gasteiger partial charge in [0.05, 0.1) is 33.9 Å². The topological polar surface area (TPSA) is 50.4 Å². The first-order chi connectivity index (χ1) is 13.6. The van der Waals surface area contributed by atoms with Crippen LogP contribution in [0.5, 0.6) is 0 Å². The van der Waals surface area contributed by atoms with E-state index in [1.54, 1.807) is 13.2 Å². The molecule has 1 heterocycles. The molecular formula is C22H22Cl2N2O2. The van der Waals surface area contributed by atoms with Crippen LogP contribution in [-0.2, 0) is 4.74 Å². The smallest absolute Gasteiger partial charge is 0.253 e. The van der Waals surface area contributed by atoms with Crippen LogP contribution in [-0.4, -0.2) is 26.2 Å². The molecule has 2 N–H and O–H groups in total. The third-order valence-electron chi connectivity index (χ3n) is 5.55. The molecule has 0 aromatic heterocycles. The molecule has 3 atom stereocenters. The number of rotatable bonds is 5. The summed E-state index contributed by atoms with van der Waals surface area (Å²) in [5, 5.41) is 7.64. The molecule has 28 heavy (non-hydrogen) atoms. The highest BCUT2D eigenvalue weighted by Crippen LogP contribution is 2.52. The molecule has 146 valence electrons. The molecule has 0 saturated heterocycles. The minimum atomic E-state index is -0.113. The van der Waals surface area contributed by atoms with Gasteiger partial charge in [0.15, 0.2) is 0 Å². The van der Waals surface area contributed by atoms with Crippen molar-refractivity contribution < 1.29 is 9.53 Å².